The third kappa shape index (κ3) is 4.82. The minimum atomic E-state index is -4.61. The molecule has 0 bridgehead atoms. The lowest BCUT2D eigenvalue weighted by molar-refractivity contribution is -0.144. The first-order valence-corrected chi connectivity index (χ1v) is 8.62. The van der Waals surface area contributed by atoms with Crippen LogP contribution < -0.4 is 5.32 Å². The Morgan fingerprint density at radius 1 is 1.18 bits per heavy atom. The number of aromatic nitrogens is 5. The van der Waals surface area contributed by atoms with Crippen LogP contribution in [0.4, 0.5) is 19.1 Å². The molecule has 148 valence electrons. The maximum Gasteiger partial charge on any atom is 0.433 e. The molecule has 3 rings (SSSR count). The van der Waals surface area contributed by atoms with E-state index >= 15 is 0 Å². The van der Waals surface area contributed by atoms with Gasteiger partial charge in [-0.05, 0) is 30.7 Å². The van der Waals surface area contributed by atoms with Crippen LogP contribution in [0.2, 0.25) is 10.0 Å². The van der Waals surface area contributed by atoms with Gasteiger partial charge in [-0.1, -0.05) is 29.3 Å². The molecule has 0 saturated heterocycles. The fourth-order valence-corrected chi connectivity index (χ4v) is 2.77. The van der Waals surface area contributed by atoms with Gasteiger partial charge < -0.3 is 0 Å². The second kappa shape index (κ2) is 7.80. The zero-order valence-corrected chi connectivity index (χ0v) is 15.8. The van der Waals surface area contributed by atoms with E-state index in [9.17, 15) is 18.0 Å². The topological polar surface area (TPSA) is 77.6 Å². The lowest BCUT2D eigenvalue weighted by Crippen LogP contribution is -2.24. The van der Waals surface area contributed by atoms with E-state index in [2.05, 4.69) is 20.5 Å². The van der Waals surface area contributed by atoms with Crippen molar-refractivity contribution in [3.8, 4) is 0 Å². The predicted molar refractivity (Wildman–Crippen MR) is 96.2 cm³/mol. The van der Waals surface area contributed by atoms with Crippen molar-refractivity contribution >= 4 is 35.1 Å². The van der Waals surface area contributed by atoms with E-state index in [1.807, 2.05) is 0 Å². The third-order valence-corrected chi connectivity index (χ3v) is 4.34. The van der Waals surface area contributed by atoms with Crippen molar-refractivity contribution in [3.05, 3.63) is 57.6 Å². The number of benzene rings is 1. The van der Waals surface area contributed by atoms with Crippen LogP contribution in [0.3, 0.4) is 0 Å². The number of hydrogen-bond donors (Lipinski definition) is 1. The van der Waals surface area contributed by atoms with Crippen molar-refractivity contribution in [2.24, 2.45) is 0 Å². The third-order valence-electron chi connectivity index (χ3n) is 3.60. The van der Waals surface area contributed by atoms with Crippen LogP contribution in [0.15, 0.2) is 30.6 Å². The first-order chi connectivity index (χ1) is 13.1. The van der Waals surface area contributed by atoms with Gasteiger partial charge in [-0.3, -0.25) is 14.8 Å². The van der Waals surface area contributed by atoms with E-state index in [1.165, 1.54) is 17.9 Å². The Kier molecular flexibility index (Phi) is 5.61. The van der Waals surface area contributed by atoms with Crippen molar-refractivity contribution in [1.82, 2.24) is 24.5 Å². The molecule has 0 aliphatic heterocycles. The number of anilines is 1. The average molecular weight is 433 g/mol. The molecule has 0 aliphatic carbocycles. The van der Waals surface area contributed by atoms with Crippen LogP contribution in [-0.4, -0.2) is 30.5 Å². The molecule has 2 aromatic heterocycles. The maximum atomic E-state index is 13.0. The van der Waals surface area contributed by atoms with E-state index in [0.29, 0.717) is 21.3 Å². The Morgan fingerprint density at radius 3 is 2.61 bits per heavy atom. The molecule has 28 heavy (non-hydrogen) atoms. The minimum absolute atomic E-state index is 0.0394. The Morgan fingerprint density at radius 2 is 1.93 bits per heavy atom. The van der Waals surface area contributed by atoms with E-state index < -0.39 is 24.3 Å². The molecule has 2 heterocycles. The summed E-state index contributed by atoms with van der Waals surface area (Å²) in [6.45, 7) is 1.11. The number of nitrogens with zero attached hydrogens (tertiary/aromatic N) is 5. The van der Waals surface area contributed by atoms with Gasteiger partial charge in [-0.15, -0.1) is 5.10 Å². The highest BCUT2D eigenvalue weighted by Crippen LogP contribution is 2.29. The molecule has 0 radical (unpaired) electrons. The van der Waals surface area contributed by atoms with E-state index in [4.69, 9.17) is 23.2 Å². The summed E-state index contributed by atoms with van der Waals surface area (Å²) in [7, 11) is 0. The molecule has 12 heteroatoms. The number of hydrogen-bond acceptors (Lipinski definition) is 4. The fourth-order valence-electron chi connectivity index (χ4n) is 2.45. The van der Waals surface area contributed by atoms with Gasteiger partial charge in [0.2, 0.25) is 11.9 Å². The van der Waals surface area contributed by atoms with E-state index in [1.54, 1.807) is 18.2 Å². The summed E-state index contributed by atoms with van der Waals surface area (Å²) >= 11 is 11.8. The van der Waals surface area contributed by atoms with Crippen molar-refractivity contribution in [2.45, 2.75) is 26.2 Å². The monoisotopic (exact) mass is 432 g/mol. The van der Waals surface area contributed by atoms with Crippen molar-refractivity contribution in [1.29, 1.82) is 0 Å². The zero-order chi connectivity index (χ0) is 20.5. The Balaban J connectivity index is 1.65. The maximum absolute atomic E-state index is 13.0. The Labute approximate surface area is 167 Å². The summed E-state index contributed by atoms with van der Waals surface area (Å²) in [4.78, 5) is 16.0. The van der Waals surface area contributed by atoms with Gasteiger partial charge in [-0.2, -0.15) is 18.3 Å². The van der Waals surface area contributed by atoms with Crippen LogP contribution in [0.25, 0.3) is 0 Å². The molecule has 0 spiro atoms. The SMILES string of the molecule is Cc1cc(C(F)(F)F)n(CC(=O)Nc2ncn(Cc3ccc(Cl)c(Cl)c3)n2)n1. The minimum Gasteiger partial charge on any atom is -0.292 e. The van der Waals surface area contributed by atoms with E-state index in [-0.39, 0.29) is 11.6 Å². The van der Waals surface area contributed by atoms with Crippen LogP contribution in [0, 0.1) is 6.92 Å². The van der Waals surface area contributed by atoms with E-state index in [0.717, 1.165) is 11.6 Å². The van der Waals surface area contributed by atoms with Crippen molar-refractivity contribution in [2.75, 3.05) is 5.32 Å². The highest BCUT2D eigenvalue weighted by Gasteiger charge is 2.35. The number of carbonyl (C=O) groups is 1. The average Bonchev–Trinajstić information content (AvgIpc) is 3.17. The van der Waals surface area contributed by atoms with Crippen LogP contribution in [0.5, 0.6) is 0 Å². The molecular weight excluding hydrogens is 420 g/mol. The van der Waals surface area contributed by atoms with Crippen LogP contribution in [-0.2, 0) is 24.1 Å². The first-order valence-electron chi connectivity index (χ1n) is 7.86. The van der Waals surface area contributed by atoms with Gasteiger partial charge in [0.05, 0.1) is 22.3 Å². The molecule has 0 unspecified atom stereocenters. The summed E-state index contributed by atoms with van der Waals surface area (Å²) in [5.74, 6) is -0.775. The lowest BCUT2D eigenvalue weighted by atomic mass is 10.2. The molecule has 0 saturated carbocycles. The molecule has 0 fully saturated rings. The summed E-state index contributed by atoms with van der Waals surface area (Å²) in [5, 5.41) is 10.9. The molecule has 0 aliphatic rings. The van der Waals surface area contributed by atoms with Crippen molar-refractivity contribution in [3.63, 3.8) is 0 Å². The molecule has 0 atom stereocenters. The number of alkyl halides is 3. The Hall–Kier alpha value is -2.59. The number of nitrogens with one attached hydrogen (secondary N) is 1. The van der Waals surface area contributed by atoms with Gasteiger partial charge in [0.1, 0.15) is 18.6 Å². The lowest BCUT2D eigenvalue weighted by Gasteiger charge is -2.09. The standard InChI is InChI=1S/C16H13Cl2F3N6O/c1-9-4-13(16(19,20)21)27(24-9)7-14(28)23-15-22-8-26(25-15)6-10-2-3-11(17)12(18)5-10/h2-5,8H,6-7H2,1H3,(H,23,25,28). The van der Waals surface area contributed by atoms with Gasteiger partial charge in [0, 0.05) is 0 Å². The van der Waals surface area contributed by atoms with Gasteiger partial charge in [0.15, 0.2) is 0 Å². The molecule has 1 N–H and O–H groups in total. The molecule has 7 nitrogen and oxygen atoms in total. The van der Waals surface area contributed by atoms with Gasteiger partial charge in [-0.25, -0.2) is 9.67 Å². The molecular formula is C16H13Cl2F3N6O. The summed E-state index contributed by atoms with van der Waals surface area (Å²) in [6.07, 6.45) is -3.24. The van der Waals surface area contributed by atoms with Crippen LogP contribution >= 0.6 is 23.2 Å². The molecule has 3 aromatic rings. The highest BCUT2D eigenvalue weighted by molar-refractivity contribution is 6.42. The molecule has 1 amide bonds. The fraction of sp³-hybridized carbons (Fsp3) is 0.250. The largest absolute Gasteiger partial charge is 0.433 e. The predicted octanol–water partition coefficient (Wildman–Crippen LogP) is 3.80. The number of aryl methyl sites for hydroxylation is 1. The van der Waals surface area contributed by atoms with Gasteiger partial charge >= 0.3 is 6.18 Å². The number of amides is 1. The molecule has 1 aromatic carbocycles. The first kappa shape index (κ1) is 20.2. The second-order valence-electron chi connectivity index (χ2n) is 5.89. The smallest absolute Gasteiger partial charge is 0.292 e. The Bertz CT molecular complexity index is 1010. The zero-order valence-electron chi connectivity index (χ0n) is 14.3. The number of carbonyl (C=O) groups excluding carboxylic acids is 1. The summed E-state index contributed by atoms with van der Waals surface area (Å²) in [5.41, 5.74) is -0.0404. The van der Waals surface area contributed by atoms with Crippen LogP contribution in [0.1, 0.15) is 17.0 Å². The number of halogens is 5. The summed E-state index contributed by atoms with van der Waals surface area (Å²) in [6, 6.07) is 5.94. The van der Waals surface area contributed by atoms with Crippen molar-refractivity contribution < 1.29 is 18.0 Å². The second-order valence-corrected chi connectivity index (χ2v) is 6.70. The summed E-state index contributed by atoms with van der Waals surface area (Å²) < 4.78 is 40.9. The number of rotatable bonds is 5. The van der Waals surface area contributed by atoms with Gasteiger partial charge in [0.25, 0.3) is 0 Å². The highest BCUT2D eigenvalue weighted by atomic mass is 35.5. The quantitative estimate of drug-likeness (QED) is 0.664. The normalized spacial score (nSPS) is 11.6.